The minimum absolute atomic E-state index is 0.254. The lowest BCUT2D eigenvalue weighted by Crippen LogP contribution is -1.95. The van der Waals surface area contributed by atoms with E-state index < -0.39 is 0 Å². The van der Waals surface area contributed by atoms with E-state index in [2.05, 4.69) is 15.0 Å². The fourth-order valence-electron chi connectivity index (χ4n) is 0.764. The van der Waals surface area contributed by atoms with Crippen LogP contribution in [0.1, 0.15) is 24.4 Å². The van der Waals surface area contributed by atoms with Crippen LogP contribution in [0, 0.1) is 6.92 Å². The molecule has 62 valence electrons. The van der Waals surface area contributed by atoms with Crippen LogP contribution in [0.15, 0.2) is 17.4 Å². The Morgan fingerprint density at radius 3 is 2.75 bits per heavy atom. The first-order valence-corrected chi connectivity index (χ1v) is 3.59. The SMILES string of the molecule is Cc1cnc(C(C)N=C=O)cn1. The van der Waals surface area contributed by atoms with Crippen LogP contribution in [0.2, 0.25) is 0 Å². The topological polar surface area (TPSA) is 55.2 Å². The van der Waals surface area contributed by atoms with Gasteiger partial charge in [0.1, 0.15) is 6.04 Å². The van der Waals surface area contributed by atoms with Crippen molar-refractivity contribution in [3.63, 3.8) is 0 Å². The van der Waals surface area contributed by atoms with Gasteiger partial charge in [0.2, 0.25) is 6.08 Å². The van der Waals surface area contributed by atoms with Crippen molar-refractivity contribution in [3.05, 3.63) is 23.8 Å². The Hall–Kier alpha value is -1.54. The van der Waals surface area contributed by atoms with E-state index in [9.17, 15) is 4.79 Å². The number of carbonyl (C=O) groups excluding carboxylic acids is 1. The molecule has 0 N–H and O–H groups in total. The molecule has 0 amide bonds. The number of nitrogens with zero attached hydrogens (tertiary/aromatic N) is 3. The molecule has 0 spiro atoms. The molecule has 1 atom stereocenters. The maximum atomic E-state index is 9.92. The number of aryl methyl sites for hydroxylation is 1. The fraction of sp³-hybridized carbons (Fsp3) is 0.375. The van der Waals surface area contributed by atoms with E-state index in [0.29, 0.717) is 5.69 Å². The minimum atomic E-state index is -0.254. The van der Waals surface area contributed by atoms with Crippen LogP contribution >= 0.6 is 0 Å². The molecule has 0 radical (unpaired) electrons. The maximum Gasteiger partial charge on any atom is 0.235 e. The van der Waals surface area contributed by atoms with Crippen molar-refractivity contribution in [3.8, 4) is 0 Å². The summed E-state index contributed by atoms with van der Waals surface area (Å²) in [7, 11) is 0. The molecule has 0 saturated carbocycles. The molecule has 0 aromatic carbocycles. The predicted octanol–water partition coefficient (Wildman–Crippen LogP) is 1.18. The molecule has 0 aliphatic carbocycles. The van der Waals surface area contributed by atoms with Gasteiger partial charge in [-0.2, -0.15) is 4.99 Å². The number of hydrogen-bond donors (Lipinski definition) is 0. The fourth-order valence-corrected chi connectivity index (χ4v) is 0.764. The molecule has 1 rings (SSSR count). The normalized spacial score (nSPS) is 11.8. The first-order valence-electron chi connectivity index (χ1n) is 3.59. The molecule has 1 aromatic rings. The van der Waals surface area contributed by atoms with Crippen molar-refractivity contribution < 1.29 is 4.79 Å². The van der Waals surface area contributed by atoms with Crippen LogP contribution in [-0.2, 0) is 4.79 Å². The first-order chi connectivity index (χ1) is 5.74. The standard InChI is InChI=1S/C8H9N3O/c1-6-3-10-8(4-9-6)7(2)11-5-12/h3-4,7H,1-2H3. The van der Waals surface area contributed by atoms with Crippen molar-refractivity contribution >= 4 is 6.08 Å². The second-order valence-electron chi connectivity index (χ2n) is 2.48. The highest BCUT2D eigenvalue weighted by atomic mass is 16.1. The molecular formula is C8H9N3O. The molecule has 0 aliphatic rings. The Morgan fingerprint density at radius 2 is 2.25 bits per heavy atom. The van der Waals surface area contributed by atoms with Crippen LogP contribution in [-0.4, -0.2) is 16.0 Å². The summed E-state index contributed by atoms with van der Waals surface area (Å²) in [5.74, 6) is 0. The zero-order valence-electron chi connectivity index (χ0n) is 6.98. The number of isocyanates is 1. The minimum Gasteiger partial charge on any atom is -0.258 e. The molecule has 1 unspecified atom stereocenters. The monoisotopic (exact) mass is 163 g/mol. The Labute approximate surface area is 70.4 Å². The van der Waals surface area contributed by atoms with Gasteiger partial charge in [0.15, 0.2) is 0 Å². The molecule has 1 heterocycles. The lowest BCUT2D eigenvalue weighted by molar-refractivity contribution is 0.559. The summed E-state index contributed by atoms with van der Waals surface area (Å²) in [5, 5.41) is 0. The predicted molar refractivity (Wildman–Crippen MR) is 43.3 cm³/mol. The Bertz CT molecular complexity index is 301. The van der Waals surface area contributed by atoms with Gasteiger partial charge in [-0.05, 0) is 13.8 Å². The van der Waals surface area contributed by atoms with Gasteiger partial charge in [0.05, 0.1) is 17.6 Å². The first kappa shape index (κ1) is 8.56. The Balaban J connectivity index is 2.89. The van der Waals surface area contributed by atoms with Crippen LogP contribution in [0.25, 0.3) is 0 Å². The molecule has 4 nitrogen and oxygen atoms in total. The van der Waals surface area contributed by atoms with E-state index in [-0.39, 0.29) is 6.04 Å². The van der Waals surface area contributed by atoms with Crippen LogP contribution in [0.3, 0.4) is 0 Å². The Morgan fingerprint density at radius 1 is 1.50 bits per heavy atom. The molecular weight excluding hydrogens is 154 g/mol. The van der Waals surface area contributed by atoms with Gasteiger partial charge in [-0.15, -0.1) is 0 Å². The molecule has 4 heteroatoms. The maximum absolute atomic E-state index is 9.92. The van der Waals surface area contributed by atoms with Gasteiger partial charge in [-0.1, -0.05) is 0 Å². The van der Waals surface area contributed by atoms with Crippen molar-refractivity contribution in [2.75, 3.05) is 0 Å². The van der Waals surface area contributed by atoms with Crippen molar-refractivity contribution in [2.24, 2.45) is 4.99 Å². The Kier molecular flexibility index (Phi) is 2.66. The number of rotatable bonds is 2. The average Bonchev–Trinajstić information content (AvgIpc) is 2.06. The number of hydrogen-bond acceptors (Lipinski definition) is 4. The molecule has 0 aliphatic heterocycles. The zero-order chi connectivity index (χ0) is 8.97. The van der Waals surface area contributed by atoms with Crippen molar-refractivity contribution in [1.82, 2.24) is 9.97 Å². The third kappa shape index (κ3) is 1.97. The van der Waals surface area contributed by atoms with Crippen molar-refractivity contribution in [2.45, 2.75) is 19.9 Å². The zero-order valence-corrected chi connectivity index (χ0v) is 6.98. The molecule has 0 fully saturated rings. The van der Waals surface area contributed by atoms with Crippen LogP contribution < -0.4 is 0 Å². The summed E-state index contributed by atoms with van der Waals surface area (Å²) >= 11 is 0. The summed E-state index contributed by atoms with van der Waals surface area (Å²) in [6, 6.07) is -0.254. The molecule has 1 aromatic heterocycles. The smallest absolute Gasteiger partial charge is 0.235 e. The quantitative estimate of drug-likeness (QED) is 0.486. The summed E-state index contributed by atoms with van der Waals surface area (Å²) in [5.41, 5.74) is 1.53. The molecule has 12 heavy (non-hydrogen) atoms. The summed E-state index contributed by atoms with van der Waals surface area (Å²) in [6.07, 6.45) is 4.74. The third-order valence-corrected chi connectivity index (χ3v) is 1.48. The van der Waals surface area contributed by atoms with E-state index >= 15 is 0 Å². The highest BCUT2D eigenvalue weighted by Crippen LogP contribution is 2.10. The van der Waals surface area contributed by atoms with E-state index in [4.69, 9.17) is 0 Å². The summed E-state index contributed by atoms with van der Waals surface area (Å²) in [6.45, 7) is 3.62. The lowest BCUT2D eigenvalue weighted by Gasteiger charge is -2.01. The number of aliphatic imine (C=N–C) groups is 1. The van der Waals surface area contributed by atoms with Crippen molar-refractivity contribution in [1.29, 1.82) is 0 Å². The van der Waals surface area contributed by atoms with Gasteiger partial charge in [-0.25, -0.2) is 4.79 Å². The van der Waals surface area contributed by atoms with E-state index in [1.165, 1.54) is 6.08 Å². The van der Waals surface area contributed by atoms with Gasteiger partial charge < -0.3 is 0 Å². The largest absolute Gasteiger partial charge is 0.258 e. The molecule has 0 saturated heterocycles. The van der Waals surface area contributed by atoms with Gasteiger partial charge in [0.25, 0.3) is 0 Å². The second kappa shape index (κ2) is 3.74. The highest BCUT2D eigenvalue weighted by molar-refractivity contribution is 5.34. The molecule has 0 bridgehead atoms. The van der Waals surface area contributed by atoms with Crippen LogP contribution in [0.4, 0.5) is 0 Å². The van der Waals surface area contributed by atoms with Gasteiger partial charge >= 0.3 is 0 Å². The lowest BCUT2D eigenvalue weighted by atomic mass is 10.2. The van der Waals surface area contributed by atoms with E-state index in [0.717, 1.165) is 5.69 Å². The highest BCUT2D eigenvalue weighted by Gasteiger charge is 2.03. The van der Waals surface area contributed by atoms with Crippen LogP contribution in [0.5, 0.6) is 0 Å². The van der Waals surface area contributed by atoms with Gasteiger partial charge in [-0.3, -0.25) is 9.97 Å². The summed E-state index contributed by atoms with van der Waals surface area (Å²) in [4.78, 5) is 21.5. The van der Waals surface area contributed by atoms with E-state index in [1.54, 1.807) is 19.3 Å². The summed E-state index contributed by atoms with van der Waals surface area (Å²) < 4.78 is 0. The average molecular weight is 163 g/mol. The third-order valence-electron chi connectivity index (χ3n) is 1.48. The second-order valence-corrected chi connectivity index (χ2v) is 2.48. The number of aromatic nitrogens is 2. The van der Waals surface area contributed by atoms with Gasteiger partial charge in [0, 0.05) is 6.20 Å². The van der Waals surface area contributed by atoms with E-state index in [1.807, 2.05) is 6.92 Å².